The van der Waals surface area contributed by atoms with Crippen LogP contribution in [0, 0.1) is 11.6 Å². The highest BCUT2D eigenvalue weighted by Crippen LogP contribution is 2.44. The van der Waals surface area contributed by atoms with E-state index in [-0.39, 0.29) is 53.3 Å². The van der Waals surface area contributed by atoms with Gasteiger partial charge in [-0.3, -0.25) is 9.59 Å². The number of amides is 2. The van der Waals surface area contributed by atoms with Gasteiger partial charge in [-0.2, -0.15) is 26.3 Å². The molecule has 0 bridgehead atoms. The van der Waals surface area contributed by atoms with Crippen LogP contribution < -0.4 is 27.0 Å². The van der Waals surface area contributed by atoms with Gasteiger partial charge in [0.1, 0.15) is 17.2 Å². The minimum Gasteiger partial charge on any atom is -0.381 e. The number of hydrogen-bond donors (Lipinski definition) is 5. The molecule has 57 heavy (non-hydrogen) atoms. The number of carbonyl (C=O) groups excluding carboxylic acids is 2. The summed E-state index contributed by atoms with van der Waals surface area (Å²) in [6.45, 7) is 1.43. The number of nitrogens with zero attached hydrogens (tertiary/aromatic N) is 2. The van der Waals surface area contributed by atoms with E-state index in [1.165, 1.54) is 18.2 Å². The van der Waals surface area contributed by atoms with Crippen molar-refractivity contribution >= 4 is 28.7 Å². The van der Waals surface area contributed by atoms with Crippen LogP contribution in [0.2, 0.25) is 0 Å². The van der Waals surface area contributed by atoms with Gasteiger partial charge in [0.2, 0.25) is 11.9 Å². The van der Waals surface area contributed by atoms with Crippen LogP contribution in [-0.2, 0) is 21.9 Å². The molecule has 4 heterocycles. The van der Waals surface area contributed by atoms with E-state index in [9.17, 15) is 40.3 Å². The van der Waals surface area contributed by atoms with Crippen molar-refractivity contribution in [3.8, 4) is 0 Å². The lowest BCUT2D eigenvalue weighted by Gasteiger charge is -2.36. The number of primary amides is 1. The van der Waals surface area contributed by atoms with E-state index in [0.29, 0.717) is 74.9 Å². The lowest BCUT2D eigenvalue weighted by Crippen LogP contribution is -2.56. The number of rotatable bonds is 10. The molecule has 0 aliphatic carbocycles. The summed E-state index contributed by atoms with van der Waals surface area (Å²) < 4.78 is 115. The zero-order chi connectivity index (χ0) is 40.7. The fourth-order valence-corrected chi connectivity index (χ4v) is 8.13. The average Bonchev–Trinajstić information content (AvgIpc) is 3.85. The van der Waals surface area contributed by atoms with Gasteiger partial charge in [-0.05, 0) is 92.6 Å². The molecule has 0 spiro atoms. The van der Waals surface area contributed by atoms with Gasteiger partial charge in [0, 0.05) is 48.8 Å². The Balaban J connectivity index is 1.20. The summed E-state index contributed by atoms with van der Waals surface area (Å²) in [7, 11) is 0. The molecule has 3 aliphatic heterocycles. The fraction of sp³-hybridized carbons (Fsp3) is 0.436. The maximum Gasteiger partial charge on any atom is 0.419 e. The van der Waals surface area contributed by atoms with Crippen LogP contribution >= 0.6 is 0 Å². The number of anilines is 1. The molecule has 7 rings (SSSR count). The topological polar surface area (TPSA) is 143 Å². The van der Waals surface area contributed by atoms with E-state index in [0.717, 1.165) is 18.2 Å². The first-order valence-corrected chi connectivity index (χ1v) is 18.5. The molecule has 3 saturated heterocycles. The Morgan fingerprint density at radius 3 is 2.23 bits per heavy atom. The standard InChI is InChI=1S/C39H39F8N7O3/c40-28-16-20(3-7-26(28)38(42,43)44)30-9-5-24(51-30)19-49-34(55)22-2-6-25-31(18-22)53-36(52-23-10-14-57-15-11-23)54-33(25)32(37(35(48)56)12-1-13-50-37)21-4-8-27(29(41)17-21)39(45,46)47/h2-4,6-8,16-18,23-24,30,32,50-51H,1,5,9-15,19H2,(H2,48,56)(H,49,55)(H,52,53,54)/t24?,30-,32+,37+/m1/s1. The van der Waals surface area contributed by atoms with Crippen molar-refractivity contribution in [2.75, 3.05) is 31.6 Å². The van der Waals surface area contributed by atoms with Crippen molar-refractivity contribution in [3.05, 3.63) is 99.7 Å². The predicted molar refractivity (Wildman–Crippen MR) is 192 cm³/mol. The Labute approximate surface area is 321 Å². The third-order valence-corrected chi connectivity index (χ3v) is 11.0. The molecule has 1 unspecified atom stereocenters. The van der Waals surface area contributed by atoms with Gasteiger partial charge in [0.05, 0.1) is 28.3 Å². The van der Waals surface area contributed by atoms with Crippen LogP contribution in [0.25, 0.3) is 10.9 Å². The molecule has 18 heteroatoms. The van der Waals surface area contributed by atoms with E-state index in [1.807, 2.05) is 0 Å². The number of hydrogen-bond acceptors (Lipinski definition) is 8. The van der Waals surface area contributed by atoms with Gasteiger partial charge < -0.3 is 31.7 Å². The molecule has 3 aliphatic rings. The van der Waals surface area contributed by atoms with Crippen molar-refractivity contribution in [3.63, 3.8) is 0 Å². The number of fused-ring (bicyclic) bond motifs is 1. The molecule has 2 amide bonds. The van der Waals surface area contributed by atoms with E-state index >= 15 is 4.39 Å². The molecular weight excluding hydrogens is 766 g/mol. The minimum absolute atomic E-state index is 0.0222. The van der Waals surface area contributed by atoms with E-state index < -0.39 is 64.4 Å². The van der Waals surface area contributed by atoms with Crippen LogP contribution in [-0.4, -0.2) is 65.7 Å². The van der Waals surface area contributed by atoms with Crippen molar-refractivity contribution in [2.24, 2.45) is 5.73 Å². The van der Waals surface area contributed by atoms with Crippen LogP contribution in [0.4, 0.5) is 41.1 Å². The van der Waals surface area contributed by atoms with E-state index in [2.05, 4.69) is 21.3 Å². The average molecular weight is 806 g/mol. The normalized spacial score (nSPS) is 22.5. The maximum atomic E-state index is 15.2. The molecule has 1 aromatic heterocycles. The molecule has 4 aromatic rings. The number of alkyl halides is 6. The third kappa shape index (κ3) is 8.39. The quantitative estimate of drug-likeness (QED) is 0.115. The zero-order valence-electron chi connectivity index (χ0n) is 30.3. The summed E-state index contributed by atoms with van der Waals surface area (Å²) in [5.74, 6) is -5.27. The van der Waals surface area contributed by atoms with E-state index in [1.54, 1.807) is 6.07 Å². The third-order valence-electron chi connectivity index (χ3n) is 11.0. The number of nitrogens with one attached hydrogen (secondary N) is 4. The molecule has 6 N–H and O–H groups in total. The first-order chi connectivity index (χ1) is 27.0. The SMILES string of the molecule is NC(=O)[C@@]1([C@@H](c2ccc(C(F)(F)F)c(F)c2)c2nc(NC3CCOCC3)nc3cc(C(=O)NCC4CC[C@H](c5ccc(C(F)(F)F)c(F)c5)N4)ccc23)CCCN1. The van der Waals surface area contributed by atoms with Crippen molar-refractivity contribution in [2.45, 2.75) is 80.5 Å². The number of halogens is 8. The van der Waals surface area contributed by atoms with Crippen molar-refractivity contribution in [1.82, 2.24) is 25.9 Å². The molecule has 3 aromatic carbocycles. The van der Waals surface area contributed by atoms with Gasteiger partial charge in [-0.15, -0.1) is 0 Å². The monoisotopic (exact) mass is 805 g/mol. The summed E-state index contributed by atoms with van der Waals surface area (Å²) >= 11 is 0. The first-order valence-electron chi connectivity index (χ1n) is 18.5. The number of aromatic nitrogens is 2. The highest BCUT2D eigenvalue weighted by molar-refractivity contribution is 5.99. The second-order valence-corrected chi connectivity index (χ2v) is 14.7. The molecule has 3 fully saturated rings. The Kier molecular flexibility index (Phi) is 11.1. The highest BCUT2D eigenvalue weighted by Gasteiger charge is 2.50. The Bertz CT molecular complexity index is 2150. The second kappa shape index (κ2) is 15.8. The molecule has 0 radical (unpaired) electrons. The summed E-state index contributed by atoms with van der Waals surface area (Å²) in [6, 6.07) is 9.02. The first kappa shape index (κ1) is 40.3. The molecule has 4 atom stereocenters. The number of carbonyl (C=O) groups is 2. The smallest absolute Gasteiger partial charge is 0.381 e. The lowest BCUT2D eigenvalue weighted by atomic mass is 9.74. The van der Waals surface area contributed by atoms with Crippen LogP contribution in [0.3, 0.4) is 0 Å². The number of benzene rings is 3. The minimum atomic E-state index is -4.97. The molecular formula is C39H39F8N7O3. The highest BCUT2D eigenvalue weighted by atomic mass is 19.4. The van der Waals surface area contributed by atoms with Crippen molar-refractivity contribution in [1.29, 1.82) is 0 Å². The second-order valence-electron chi connectivity index (χ2n) is 14.7. The Hall–Kier alpha value is -4.94. The van der Waals surface area contributed by atoms with Gasteiger partial charge in [0.15, 0.2) is 0 Å². The predicted octanol–water partition coefficient (Wildman–Crippen LogP) is 6.50. The number of ether oxygens (including phenoxy) is 1. The van der Waals surface area contributed by atoms with Crippen LogP contribution in [0.1, 0.15) is 88.8 Å². The van der Waals surface area contributed by atoms with Crippen LogP contribution in [0.15, 0.2) is 54.6 Å². The van der Waals surface area contributed by atoms with E-state index in [4.69, 9.17) is 20.4 Å². The summed E-state index contributed by atoms with van der Waals surface area (Å²) in [4.78, 5) is 36.4. The van der Waals surface area contributed by atoms with Crippen LogP contribution in [0.5, 0.6) is 0 Å². The van der Waals surface area contributed by atoms with Gasteiger partial charge in [-0.1, -0.05) is 18.2 Å². The van der Waals surface area contributed by atoms with Gasteiger partial charge in [0.25, 0.3) is 5.91 Å². The maximum absolute atomic E-state index is 15.2. The van der Waals surface area contributed by atoms with Crippen molar-refractivity contribution < 1.29 is 49.4 Å². The largest absolute Gasteiger partial charge is 0.419 e. The Morgan fingerprint density at radius 1 is 0.895 bits per heavy atom. The Morgan fingerprint density at radius 2 is 1.60 bits per heavy atom. The number of nitrogens with two attached hydrogens (primary N) is 1. The zero-order valence-corrected chi connectivity index (χ0v) is 30.3. The molecule has 10 nitrogen and oxygen atoms in total. The fourth-order valence-electron chi connectivity index (χ4n) is 8.13. The van der Waals surface area contributed by atoms with Gasteiger partial charge >= 0.3 is 12.4 Å². The summed E-state index contributed by atoms with van der Waals surface area (Å²) in [5.41, 5.74) is 2.63. The molecule has 0 saturated carbocycles. The van der Waals surface area contributed by atoms with Gasteiger partial charge in [-0.25, -0.2) is 18.7 Å². The summed E-state index contributed by atoms with van der Waals surface area (Å²) in [6.07, 6.45) is -6.85. The molecule has 304 valence electrons. The summed E-state index contributed by atoms with van der Waals surface area (Å²) in [5, 5.41) is 12.9. The lowest BCUT2D eigenvalue weighted by molar-refractivity contribution is -0.140.